The molecule has 84 valence electrons. The van der Waals surface area contributed by atoms with Crippen molar-refractivity contribution in [1.82, 2.24) is 0 Å². The van der Waals surface area contributed by atoms with Gasteiger partial charge in [0.1, 0.15) is 5.60 Å². The van der Waals surface area contributed by atoms with Crippen molar-refractivity contribution in [1.29, 1.82) is 0 Å². The zero-order valence-electron chi connectivity index (χ0n) is 7.65. The molecule has 0 aliphatic rings. The van der Waals surface area contributed by atoms with Gasteiger partial charge in [-0.1, -0.05) is 0 Å². The fraction of sp³-hybridized carbons (Fsp3) is 0.500. The van der Waals surface area contributed by atoms with Crippen LogP contribution in [0.5, 0.6) is 0 Å². The van der Waals surface area contributed by atoms with Crippen molar-refractivity contribution in [2.75, 3.05) is 0 Å². The van der Waals surface area contributed by atoms with Crippen LogP contribution >= 0.6 is 0 Å². The molecule has 0 amide bonds. The van der Waals surface area contributed by atoms with E-state index in [0.717, 1.165) is 0 Å². The van der Waals surface area contributed by atoms with Crippen LogP contribution in [0, 0.1) is 0 Å². The molecule has 8 heteroatoms. The topological polar surface area (TPSA) is 138 Å². The van der Waals surface area contributed by atoms with Crippen molar-refractivity contribution in [3.8, 4) is 0 Å². The molecule has 0 aromatic carbocycles. The van der Waals surface area contributed by atoms with Gasteiger partial charge < -0.3 is 30.0 Å². The number of aliphatic carboxylic acids is 3. The number of hydrogen-bond acceptors (Lipinski definition) is 6. The van der Waals surface area contributed by atoms with E-state index in [1.807, 2.05) is 0 Å². The van der Waals surface area contributed by atoms with Crippen LogP contribution in [0.2, 0.25) is 0 Å². The Hall–Kier alpha value is -0.890. The SMILES string of the molecule is O=C([O-])CC(O)(CC(=O)O)C(=O)[O-].[Ag+].[H+]. The van der Waals surface area contributed by atoms with Gasteiger partial charge in [0.2, 0.25) is 0 Å². The third-order valence-electron chi connectivity index (χ3n) is 1.26. The molecule has 0 spiro atoms. The Balaban J connectivity index is -0.000000720. The molecule has 0 aromatic rings. The third-order valence-corrected chi connectivity index (χ3v) is 1.26. The first-order chi connectivity index (χ1) is 5.78. The third kappa shape index (κ3) is 4.97. The molecule has 0 saturated heterocycles. The van der Waals surface area contributed by atoms with Crippen LogP contribution < -0.4 is 10.2 Å². The quantitative estimate of drug-likeness (QED) is 0.496. The molecule has 2 N–H and O–H groups in total. The molecule has 0 aliphatic carbocycles. The molecule has 0 heterocycles. The van der Waals surface area contributed by atoms with Gasteiger partial charge in [-0.25, -0.2) is 0 Å². The van der Waals surface area contributed by atoms with E-state index in [1.54, 1.807) is 0 Å². The summed E-state index contributed by atoms with van der Waals surface area (Å²) in [5.41, 5.74) is -2.91. The number of rotatable bonds is 5. The van der Waals surface area contributed by atoms with Crippen LogP contribution in [0.3, 0.4) is 0 Å². The second-order valence-electron chi connectivity index (χ2n) is 2.44. The van der Waals surface area contributed by atoms with Gasteiger partial charge in [-0.2, -0.15) is 0 Å². The molecular formula is C6H7AgO7. The summed E-state index contributed by atoms with van der Waals surface area (Å²) in [7, 11) is 0. The Bertz CT molecular complexity index is 238. The Morgan fingerprint density at radius 1 is 1.21 bits per heavy atom. The Labute approximate surface area is 95.3 Å². The predicted octanol–water partition coefficient (Wildman–Crippen LogP) is -3.81. The maximum atomic E-state index is 10.2. The maximum absolute atomic E-state index is 10.2. The second kappa shape index (κ2) is 5.76. The molecule has 0 aliphatic heterocycles. The first kappa shape index (κ1) is 15.6. The van der Waals surface area contributed by atoms with Crippen LogP contribution in [0.1, 0.15) is 14.3 Å². The van der Waals surface area contributed by atoms with Gasteiger partial charge in [-0.15, -0.1) is 0 Å². The molecule has 0 radical (unpaired) electrons. The van der Waals surface area contributed by atoms with Crippen molar-refractivity contribution < 1.29 is 58.6 Å². The van der Waals surface area contributed by atoms with E-state index in [0.29, 0.717) is 0 Å². The van der Waals surface area contributed by atoms with Gasteiger partial charge in [0.25, 0.3) is 0 Å². The first-order valence-corrected chi connectivity index (χ1v) is 3.13. The molecule has 0 bridgehead atoms. The van der Waals surface area contributed by atoms with Crippen molar-refractivity contribution in [2.24, 2.45) is 0 Å². The minimum atomic E-state index is -2.91. The second-order valence-corrected chi connectivity index (χ2v) is 2.44. The number of aliphatic hydroxyl groups is 1. The molecule has 14 heavy (non-hydrogen) atoms. The van der Waals surface area contributed by atoms with Crippen LogP contribution in [0.15, 0.2) is 0 Å². The van der Waals surface area contributed by atoms with Crippen molar-refractivity contribution in [3.05, 3.63) is 0 Å². The van der Waals surface area contributed by atoms with Crippen molar-refractivity contribution in [2.45, 2.75) is 18.4 Å². The number of carbonyl (C=O) groups is 3. The molecule has 0 fully saturated rings. The maximum Gasteiger partial charge on any atom is 1.00 e. The Morgan fingerprint density at radius 2 is 1.64 bits per heavy atom. The number of carbonyl (C=O) groups excluding carboxylic acids is 2. The van der Waals surface area contributed by atoms with E-state index in [9.17, 15) is 24.6 Å². The summed E-state index contributed by atoms with van der Waals surface area (Å²) in [5, 5.41) is 37.2. The Morgan fingerprint density at radius 3 is 1.86 bits per heavy atom. The molecule has 1 atom stereocenters. The van der Waals surface area contributed by atoms with Gasteiger partial charge in [0, 0.05) is 12.4 Å². The van der Waals surface area contributed by atoms with E-state index in [1.165, 1.54) is 0 Å². The largest absolute Gasteiger partial charge is 1.00 e. The van der Waals surface area contributed by atoms with E-state index in [-0.39, 0.29) is 23.8 Å². The summed E-state index contributed by atoms with van der Waals surface area (Å²) < 4.78 is 0. The van der Waals surface area contributed by atoms with Gasteiger partial charge in [-0.05, 0) is 0 Å². The zero-order chi connectivity index (χ0) is 10.6. The van der Waals surface area contributed by atoms with Crippen molar-refractivity contribution in [3.63, 3.8) is 0 Å². The summed E-state index contributed by atoms with van der Waals surface area (Å²) in [6, 6.07) is 0. The summed E-state index contributed by atoms with van der Waals surface area (Å²) in [6.45, 7) is 0. The summed E-state index contributed by atoms with van der Waals surface area (Å²) >= 11 is 0. The minimum absolute atomic E-state index is 0. The normalized spacial score (nSPS) is 13.5. The van der Waals surface area contributed by atoms with Gasteiger partial charge in [0.15, 0.2) is 0 Å². The van der Waals surface area contributed by atoms with Crippen LogP contribution in [0.4, 0.5) is 0 Å². The summed E-state index contributed by atoms with van der Waals surface area (Å²) in [4.78, 5) is 30.2. The monoisotopic (exact) mass is 298 g/mol. The number of hydrogen-bond donors (Lipinski definition) is 2. The van der Waals surface area contributed by atoms with Crippen molar-refractivity contribution >= 4 is 17.9 Å². The molecule has 0 saturated carbocycles. The number of carboxylic acids is 3. The zero-order valence-corrected chi connectivity index (χ0v) is 8.13. The fourth-order valence-electron chi connectivity index (χ4n) is 0.696. The molecule has 0 rings (SSSR count). The van der Waals surface area contributed by atoms with Gasteiger partial charge in [0.05, 0.1) is 12.4 Å². The van der Waals surface area contributed by atoms with E-state index < -0.39 is 36.4 Å². The van der Waals surface area contributed by atoms with E-state index in [4.69, 9.17) is 10.2 Å². The Kier molecular flexibility index (Phi) is 6.41. The predicted molar refractivity (Wildman–Crippen MR) is 32.9 cm³/mol. The van der Waals surface area contributed by atoms with Crippen LogP contribution in [0.25, 0.3) is 0 Å². The van der Waals surface area contributed by atoms with Crippen LogP contribution in [-0.2, 0) is 36.8 Å². The van der Waals surface area contributed by atoms with Gasteiger partial charge in [-0.3, -0.25) is 4.79 Å². The first-order valence-electron chi connectivity index (χ1n) is 3.13. The standard InChI is InChI=1S/C6H8O7.Ag/c7-3(8)1-6(13,5(11)12)2-4(9)10;/h13H,1-2H2,(H,7,8)(H,9,10)(H,11,12);/q;+1/p-1. The molecular weight excluding hydrogens is 292 g/mol. The average Bonchev–Trinajstić information content (AvgIpc) is 1.82. The fourth-order valence-corrected chi connectivity index (χ4v) is 0.696. The molecule has 0 aromatic heterocycles. The molecule has 1 unspecified atom stereocenters. The smallest absolute Gasteiger partial charge is 0.550 e. The summed E-state index contributed by atoms with van der Waals surface area (Å²) in [5.74, 6) is -5.67. The summed E-state index contributed by atoms with van der Waals surface area (Å²) in [6.07, 6.45) is -2.56. The van der Waals surface area contributed by atoms with E-state index >= 15 is 0 Å². The number of carboxylic acid groups (broad SMARTS) is 3. The average molecular weight is 299 g/mol. The molecule has 7 nitrogen and oxygen atoms in total. The van der Waals surface area contributed by atoms with Gasteiger partial charge >= 0.3 is 29.8 Å². The minimum Gasteiger partial charge on any atom is -0.550 e. The van der Waals surface area contributed by atoms with E-state index in [2.05, 4.69) is 0 Å². The van der Waals surface area contributed by atoms with Crippen LogP contribution in [-0.4, -0.2) is 33.7 Å².